The summed E-state index contributed by atoms with van der Waals surface area (Å²) in [4.78, 5) is 0. The molecule has 1 fully saturated rings. The van der Waals surface area contributed by atoms with Gasteiger partial charge >= 0.3 is 0 Å². The molecule has 2 atom stereocenters. The Morgan fingerprint density at radius 3 is 2.71 bits per heavy atom. The van der Waals surface area contributed by atoms with Gasteiger partial charge in [-0.2, -0.15) is 0 Å². The molecule has 0 amide bonds. The summed E-state index contributed by atoms with van der Waals surface area (Å²) in [6, 6.07) is 8.09. The van der Waals surface area contributed by atoms with E-state index in [0.717, 1.165) is 30.6 Å². The number of benzene rings is 1. The first-order chi connectivity index (χ1) is 10.1. The summed E-state index contributed by atoms with van der Waals surface area (Å²) in [5.41, 5.74) is 6.16. The molecule has 2 aliphatic rings. The lowest BCUT2D eigenvalue weighted by Crippen LogP contribution is -2.60. The molecule has 2 unspecified atom stereocenters. The van der Waals surface area contributed by atoms with Crippen molar-refractivity contribution in [3.05, 3.63) is 29.8 Å². The molecular weight excluding hydrogens is 262 g/mol. The van der Waals surface area contributed by atoms with E-state index in [-0.39, 0.29) is 5.41 Å². The summed E-state index contributed by atoms with van der Waals surface area (Å²) in [5.74, 6) is 1.23. The maximum atomic E-state index is 11.5. The van der Waals surface area contributed by atoms with Crippen molar-refractivity contribution >= 4 is 0 Å². The first-order valence-electron chi connectivity index (χ1n) is 8.26. The van der Waals surface area contributed by atoms with Gasteiger partial charge in [0.2, 0.25) is 0 Å². The zero-order valence-corrected chi connectivity index (χ0v) is 13.0. The minimum atomic E-state index is -0.776. The highest BCUT2D eigenvalue weighted by Crippen LogP contribution is 2.50. The normalized spacial score (nSPS) is 29.3. The van der Waals surface area contributed by atoms with Gasteiger partial charge in [0.05, 0.1) is 12.2 Å². The molecule has 0 spiro atoms. The third-order valence-electron chi connectivity index (χ3n) is 5.91. The highest BCUT2D eigenvalue weighted by atomic mass is 16.5. The second kappa shape index (κ2) is 5.62. The van der Waals surface area contributed by atoms with E-state index in [1.54, 1.807) is 0 Å². The zero-order valence-electron chi connectivity index (χ0n) is 13.0. The van der Waals surface area contributed by atoms with Crippen molar-refractivity contribution in [1.82, 2.24) is 0 Å². The molecule has 3 nitrogen and oxygen atoms in total. The smallest absolute Gasteiger partial charge is 0.123 e. The predicted octanol–water partition coefficient (Wildman–Crippen LogP) is 3.00. The van der Waals surface area contributed by atoms with Crippen LogP contribution >= 0.6 is 0 Å². The molecule has 1 saturated carbocycles. The number of hydrogen-bond donors (Lipinski definition) is 2. The van der Waals surface area contributed by atoms with E-state index < -0.39 is 5.60 Å². The largest absolute Gasteiger partial charge is 0.493 e. The van der Waals surface area contributed by atoms with Crippen LogP contribution < -0.4 is 10.5 Å². The van der Waals surface area contributed by atoms with Gasteiger partial charge < -0.3 is 15.6 Å². The van der Waals surface area contributed by atoms with Gasteiger partial charge in [0.25, 0.3) is 0 Å². The quantitative estimate of drug-likeness (QED) is 0.899. The van der Waals surface area contributed by atoms with Crippen LogP contribution in [0.4, 0.5) is 0 Å². The molecule has 1 aliphatic carbocycles. The van der Waals surface area contributed by atoms with Crippen LogP contribution in [0.5, 0.6) is 5.75 Å². The van der Waals surface area contributed by atoms with Crippen molar-refractivity contribution in [1.29, 1.82) is 0 Å². The number of rotatable bonds is 3. The Balaban J connectivity index is 2.04. The van der Waals surface area contributed by atoms with Gasteiger partial charge in [-0.05, 0) is 38.2 Å². The lowest BCUT2D eigenvalue weighted by atomic mass is 9.58. The lowest BCUT2D eigenvalue weighted by Gasteiger charge is -2.52. The Kier molecular flexibility index (Phi) is 3.98. The first-order valence-corrected chi connectivity index (χ1v) is 8.26. The highest BCUT2D eigenvalue weighted by molar-refractivity contribution is 5.44. The topological polar surface area (TPSA) is 55.5 Å². The highest BCUT2D eigenvalue weighted by Gasteiger charge is 2.53. The van der Waals surface area contributed by atoms with Crippen LogP contribution in [0, 0.1) is 5.92 Å². The van der Waals surface area contributed by atoms with E-state index in [2.05, 4.69) is 6.07 Å². The Hall–Kier alpha value is -1.06. The van der Waals surface area contributed by atoms with Crippen LogP contribution in [0.3, 0.4) is 0 Å². The molecule has 0 radical (unpaired) electrons. The number of nitrogens with two attached hydrogens (primary N) is 1. The molecule has 116 valence electrons. The number of ether oxygens (including phenoxy) is 1. The SMILES string of the molecule is CC(O)(C1CCCCC1)C1(CN)CCOc2ccccc21. The minimum Gasteiger partial charge on any atom is -0.493 e. The summed E-state index contributed by atoms with van der Waals surface area (Å²) in [6.07, 6.45) is 6.75. The second-order valence-corrected chi connectivity index (χ2v) is 6.86. The second-order valence-electron chi connectivity index (χ2n) is 6.86. The number of para-hydroxylation sites is 1. The van der Waals surface area contributed by atoms with Gasteiger partial charge in [-0.1, -0.05) is 37.5 Å². The monoisotopic (exact) mass is 289 g/mol. The molecule has 1 aromatic rings. The van der Waals surface area contributed by atoms with Gasteiger partial charge in [0, 0.05) is 17.5 Å². The fraction of sp³-hybridized carbons (Fsp3) is 0.667. The van der Waals surface area contributed by atoms with Gasteiger partial charge in [0.15, 0.2) is 0 Å². The van der Waals surface area contributed by atoms with E-state index in [1.807, 2.05) is 25.1 Å². The summed E-state index contributed by atoms with van der Waals surface area (Å²) < 4.78 is 5.80. The van der Waals surface area contributed by atoms with Crippen molar-refractivity contribution in [3.63, 3.8) is 0 Å². The molecule has 0 aromatic heterocycles. The van der Waals surface area contributed by atoms with Gasteiger partial charge in [-0.25, -0.2) is 0 Å². The predicted molar refractivity (Wildman–Crippen MR) is 84.5 cm³/mol. The van der Waals surface area contributed by atoms with Crippen LogP contribution in [0.2, 0.25) is 0 Å². The molecule has 1 heterocycles. The molecule has 3 heteroatoms. The van der Waals surface area contributed by atoms with E-state index in [1.165, 1.54) is 19.3 Å². The molecule has 1 aromatic carbocycles. The summed E-state index contributed by atoms with van der Waals surface area (Å²) in [5, 5.41) is 11.5. The van der Waals surface area contributed by atoms with Crippen molar-refractivity contribution in [3.8, 4) is 5.75 Å². The molecule has 3 N–H and O–H groups in total. The van der Waals surface area contributed by atoms with Crippen molar-refractivity contribution in [2.24, 2.45) is 11.7 Å². The maximum absolute atomic E-state index is 11.5. The average Bonchev–Trinajstić information content (AvgIpc) is 2.55. The van der Waals surface area contributed by atoms with Gasteiger partial charge in [-0.3, -0.25) is 0 Å². The number of aliphatic hydroxyl groups is 1. The average molecular weight is 289 g/mol. The fourth-order valence-corrected chi connectivity index (χ4v) is 4.46. The Morgan fingerprint density at radius 1 is 1.29 bits per heavy atom. The van der Waals surface area contributed by atoms with E-state index >= 15 is 0 Å². The Labute approximate surface area is 127 Å². The third kappa shape index (κ3) is 2.27. The van der Waals surface area contributed by atoms with Gasteiger partial charge in [-0.15, -0.1) is 0 Å². The van der Waals surface area contributed by atoms with Crippen LogP contribution in [0.15, 0.2) is 24.3 Å². The third-order valence-corrected chi connectivity index (χ3v) is 5.91. The number of hydrogen-bond acceptors (Lipinski definition) is 3. The molecular formula is C18H27NO2. The van der Waals surface area contributed by atoms with E-state index in [4.69, 9.17) is 10.5 Å². The van der Waals surface area contributed by atoms with Crippen LogP contribution in [-0.4, -0.2) is 23.9 Å². The summed E-state index contributed by atoms with van der Waals surface area (Å²) in [6.45, 7) is 3.12. The van der Waals surface area contributed by atoms with Crippen molar-refractivity contribution in [2.75, 3.05) is 13.2 Å². The van der Waals surface area contributed by atoms with Crippen LogP contribution in [0.25, 0.3) is 0 Å². The molecule has 0 saturated heterocycles. The Morgan fingerprint density at radius 2 is 2.00 bits per heavy atom. The fourth-order valence-electron chi connectivity index (χ4n) is 4.46. The Bertz CT molecular complexity index is 494. The molecule has 0 bridgehead atoms. The summed E-state index contributed by atoms with van der Waals surface area (Å²) in [7, 11) is 0. The van der Waals surface area contributed by atoms with Crippen LogP contribution in [-0.2, 0) is 5.41 Å². The number of fused-ring (bicyclic) bond motifs is 1. The molecule has 3 rings (SSSR count). The molecule has 21 heavy (non-hydrogen) atoms. The van der Waals surface area contributed by atoms with Gasteiger partial charge in [0.1, 0.15) is 5.75 Å². The standard InChI is InChI=1S/C18H27NO2/c1-17(20,14-7-3-2-4-8-14)18(13-19)11-12-21-16-10-6-5-9-15(16)18/h5-6,9-10,14,20H,2-4,7-8,11-13,19H2,1H3. The van der Waals surface area contributed by atoms with E-state index in [9.17, 15) is 5.11 Å². The molecule has 1 aliphatic heterocycles. The van der Waals surface area contributed by atoms with Crippen molar-refractivity contribution < 1.29 is 9.84 Å². The first kappa shape index (κ1) is 14.9. The minimum absolute atomic E-state index is 0.334. The maximum Gasteiger partial charge on any atom is 0.123 e. The van der Waals surface area contributed by atoms with Crippen molar-refractivity contribution in [2.45, 2.75) is 56.5 Å². The lowest BCUT2D eigenvalue weighted by molar-refractivity contribution is -0.0929. The van der Waals surface area contributed by atoms with E-state index in [0.29, 0.717) is 19.1 Å². The zero-order chi connectivity index (χ0) is 14.9. The summed E-state index contributed by atoms with van der Waals surface area (Å²) >= 11 is 0. The van der Waals surface area contributed by atoms with Crippen LogP contribution in [0.1, 0.15) is 51.0 Å².